The van der Waals surface area contributed by atoms with Crippen LogP contribution in [0.2, 0.25) is 0 Å². The minimum Gasteiger partial charge on any atom is -0.494 e. The van der Waals surface area contributed by atoms with E-state index in [9.17, 15) is 0 Å². The second-order valence-corrected chi connectivity index (χ2v) is 6.46. The quantitative estimate of drug-likeness (QED) is 0.652. The average Bonchev–Trinajstić information content (AvgIpc) is 2.40. The summed E-state index contributed by atoms with van der Waals surface area (Å²) in [6.45, 7) is 9.84. The van der Waals surface area contributed by atoms with Gasteiger partial charge in [-0.05, 0) is 54.0 Å². The molecule has 0 aliphatic carbocycles. The normalized spacial score (nSPS) is 13.3. The first-order chi connectivity index (χ1) is 8.99. The summed E-state index contributed by atoms with van der Waals surface area (Å²) in [6, 6.07) is 8.57. The molecule has 1 atom stereocenters. The zero-order valence-electron chi connectivity index (χ0n) is 12.8. The Morgan fingerprint density at radius 1 is 1.16 bits per heavy atom. The van der Waals surface area contributed by atoms with Crippen molar-refractivity contribution in [2.45, 2.75) is 52.4 Å². The molecule has 0 fully saturated rings. The molecule has 0 radical (unpaired) electrons. The summed E-state index contributed by atoms with van der Waals surface area (Å²) < 4.78 is 5.80. The first kappa shape index (κ1) is 16.4. The highest BCUT2D eigenvalue weighted by molar-refractivity contribution is 7.80. The molecule has 0 saturated carbocycles. The van der Waals surface area contributed by atoms with Gasteiger partial charge >= 0.3 is 0 Å². The maximum atomic E-state index is 5.80. The summed E-state index contributed by atoms with van der Waals surface area (Å²) in [7, 11) is 0. The number of hydrogen-bond donors (Lipinski definition) is 1. The highest BCUT2D eigenvalue weighted by atomic mass is 32.1. The Balaban J connectivity index is 2.45. The third kappa shape index (κ3) is 5.48. The second-order valence-electron chi connectivity index (χ2n) is 6.02. The van der Waals surface area contributed by atoms with Crippen LogP contribution in [-0.4, -0.2) is 12.4 Å². The lowest BCUT2D eigenvalue weighted by molar-refractivity contribution is 0.282. The van der Waals surface area contributed by atoms with E-state index in [2.05, 4.69) is 64.6 Å². The Bertz CT molecular complexity index is 356. The fraction of sp³-hybridized carbons (Fsp3) is 0.647. The van der Waals surface area contributed by atoms with E-state index in [0.29, 0.717) is 5.92 Å². The first-order valence-electron chi connectivity index (χ1n) is 7.33. The predicted octanol–water partition coefficient (Wildman–Crippen LogP) is 5.10. The van der Waals surface area contributed by atoms with Crippen molar-refractivity contribution in [2.75, 3.05) is 12.4 Å². The number of ether oxygens (including phenoxy) is 1. The Morgan fingerprint density at radius 2 is 1.79 bits per heavy atom. The van der Waals surface area contributed by atoms with E-state index < -0.39 is 0 Å². The molecule has 108 valence electrons. The molecule has 0 aliphatic heterocycles. The minimum absolute atomic E-state index is 0.250. The molecule has 1 unspecified atom stereocenters. The predicted molar refractivity (Wildman–Crippen MR) is 87.5 cm³/mol. The lowest BCUT2D eigenvalue weighted by Crippen LogP contribution is -2.15. The number of thiol groups is 1. The van der Waals surface area contributed by atoms with Gasteiger partial charge in [-0.3, -0.25) is 0 Å². The minimum atomic E-state index is 0.250. The Kier molecular flexibility index (Phi) is 6.78. The molecule has 0 amide bonds. The molecule has 19 heavy (non-hydrogen) atoms. The van der Waals surface area contributed by atoms with Gasteiger partial charge in [0.1, 0.15) is 5.75 Å². The fourth-order valence-corrected chi connectivity index (χ4v) is 2.39. The van der Waals surface area contributed by atoms with E-state index >= 15 is 0 Å². The first-order valence-corrected chi connectivity index (χ1v) is 7.97. The van der Waals surface area contributed by atoms with Crippen molar-refractivity contribution < 1.29 is 4.74 Å². The van der Waals surface area contributed by atoms with Crippen LogP contribution >= 0.6 is 12.6 Å². The van der Waals surface area contributed by atoms with Crippen LogP contribution in [0.25, 0.3) is 0 Å². The average molecular weight is 280 g/mol. The standard InChI is InChI=1S/C17H28OS/c1-5-17(3,4)15-6-8-16(9-7-15)18-12-10-14(2)11-13-19/h6-9,14,19H,5,10-13H2,1-4H3. The molecule has 1 nitrogen and oxygen atoms in total. The summed E-state index contributed by atoms with van der Waals surface area (Å²) in [5.74, 6) is 2.63. The van der Waals surface area contributed by atoms with E-state index in [4.69, 9.17) is 4.74 Å². The largest absolute Gasteiger partial charge is 0.494 e. The van der Waals surface area contributed by atoms with E-state index in [-0.39, 0.29) is 5.41 Å². The maximum Gasteiger partial charge on any atom is 0.119 e. The van der Waals surface area contributed by atoms with Gasteiger partial charge < -0.3 is 4.74 Å². The zero-order valence-corrected chi connectivity index (χ0v) is 13.7. The van der Waals surface area contributed by atoms with Crippen molar-refractivity contribution in [2.24, 2.45) is 5.92 Å². The van der Waals surface area contributed by atoms with Gasteiger partial charge in [0.2, 0.25) is 0 Å². The van der Waals surface area contributed by atoms with Crippen molar-refractivity contribution in [1.29, 1.82) is 0 Å². The van der Waals surface area contributed by atoms with Gasteiger partial charge in [-0.15, -0.1) is 0 Å². The molecule has 0 aromatic heterocycles. The van der Waals surface area contributed by atoms with Crippen LogP contribution in [0.5, 0.6) is 5.75 Å². The summed E-state index contributed by atoms with van der Waals surface area (Å²) in [5, 5.41) is 0. The molecule has 1 rings (SSSR count). The number of benzene rings is 1. The van der Waals surface area contributed by atoms with E-state index in [1.807, 2.05) is 0 Å². The number of hydrogen-bond acceptors (Lipinski definition) is 2. The molecule has 0 N–H and O–H groups in total. The number of rotatable bonds is 8. The van der Waals surface area contributed by atoms with Gasteiger partial charge in [0.15, 0.2) is 0 Å². The van der Waals surface area contributed by atoms with Gasteiger partial charge in [0.25, 0.3) is 0 Å². The molecule has 0 bridgehead atoms. The molecule has 0 spiro atoms. The molecule has 0 heterocycles. The van der Waals surface area contributed by atoms with Crippen molar-refractivity contribution in [3.8, 4) is 5.75 Å². The Morgan fingerprint density at radius 3 is 2.32 bits per heavy atom. The van der Waals surface area contributed by atoms with Crippen LogP contribution in [0, 0.1) is 5.92 Å². The monoisotopic (exact) mass is 280 g/mol. The van der Waals surface area contributed by atoms with Crippen LogP contribution in [0.1, 0.15) is 52.5 Å². The maximum absolute atomic E-state index is 5.80. The summed E-state index contributed by atoms with van der Waals surface area (Å²) >= 11 is 4.26. The highest BCUT2D eigenvalue weighted by Crippen LogP contribution is 2.28. The molecular weight excluding hydrogens is 252 g/mol. The molecule has 1 aromatic rings. The Hall–Kier alpha value is -0.630. The highest BCUT2D eigenvalue weighted by Gasteiger charge is 2.17. The van der Waals surface area contributed by atoms with Gasteiger partial charge in [0, 0.05) is 0 Å². The Labute approximate surface area is 124 Å². The zero-order chi connectivity index (χ0) is 14.3. The second kappa shape index (κ2) is 7.84. The molecule has 0 saturated heterocycles. The molecule has 1 aromatic carbocycles. The van der Waals surface area contributed by atoms with E-state index in [1.165, 1.54) is 5.56 Å². The van der Waals surface area contributed by atoms with Gasteiger partial charge in [-0.2, -0.15) is 12.6 Å². The van der Waals surface area contributed by atoms with Crippen LogP contribution in [0.15, 0.2) is 24.3 Å². The van der Waals surface area contributed by atoms with E-state index in [0.717, 1.165) is 37.4 Å². The van der Waals surface area contributed by atoms with Crippen LogP contribution in [0.3, 0.4) is 0 Å². The van der Waals surface area contributed by atoms with Crippen LogP contribution in [0.4, 0.5) is 0 Å². The van der Waals surface area contributed by atoms with Crippen molar-refractivity contribution in [3.05, 3.63) is 29.8 Å². The molecule has 2 heteroatoms. The van der Waals surface area contributed by atoms with Crippen molar-refractivity contribution in [3.63, 3.8) is 0 Å². The lowest BCUT2D eigenvalue weighted by atomic mass is 9.82. The lowest BCUT2D eigenvalue weighted by Gasteiger charge is -2.23. The smallest absolute Gasteiger partial charge is 0.119 e. The van der Waals surface area contributed by atoms with Crippen LogP contribution in [-0.2, 0) is 5.41 Å². The topological polar surface area (TPSA) is 9.23 Å². The third-order valence-electron chi connectivity index (χ3n) is 4.02. The summed E-state index contributed by atoms with van der Waals surface area (Å²) in [6.07, 6.45) is 3.41. The summed E-state index contributed by atoms with van der Waals surface area (Å²) in [5.41, 5.74) is 1.63. The van der Waals surface area contributed by atoms with Gasteiger partial charge in [-0.25, -0.2) is 0 Å². The third-order valence-corrected chi connectivity index (χ3v) is 4.28. The summed E-state index contributed by atoms with van der Waals surface area (Å²) in [4.78, 5) is 0. The molecular formula is C17H28OS. The molecule has 0 aliphatic rings. The SMILES string of the molecule is CCC(C)(C)c1ccc(OCCC(C)CCS)cc1. The fourth-order valence-electron chi connectivity index (χ4n) is 1.95. The van der Waals surface area contributed by atoms with Gasteiger partial charge in [-0.1, -0.05) is 39.8 Å². The van der Waals surface area contributed by atoms with Gasteiger partial charge in [0.05, 0.1) is 6.61 Å². The van der Waals surface area contributed by atoms with Crippen molar-refractivity contribution >= 4 is 12.6 Å². The van der Waals surface area contributed by atoms with E-state index in [1.54, 1.807) is 0 Å². The van der Waals surface area contributed by atoms with Crippen molar-refractivity contribution in [1.82, 2.24) is 0 Å². The van der Waals surface area contributed by atoms with Crippen LogP contribution < -0.4 is 4.74 Å².